The zero-order chi connectivity index (χ0) is 10.6. The Bertz CT molecular complexity index is 200. The van der Waals surface area contributed by atoms with Gasteiger partial charge in [0, 0.05) is 19.7 Å². The van der Waals surface area contributed by atoms with Crippen LogP contribution in [0.3, 0.4) is 0 Å². The van der Waals surface area contributed by atoms with E-state index in [0.717, 1.165) is 26.0 Å². The van der Waals surface area contributed by atoms with E-state index in [1.54, 1.807) is 6.92 Å². The highest BCUT2D eigenvalue weighted by Crippen LogP contribution is 2.23. The Morgan fingerprint density at radius 2 is 2.43 bits per heavy atom. The lowest BCUT2D eigenvalue weighted by molar-refractivity contribution is -0.141. The highest BCUT2D eigenvalue weighted by Gasteiger charge is 2.29. The molecule has 1 rings (SSSR count). The second-order valence-electron chi connectivity index (χ2n) is 4.27. The summed E-state index contributed by atoms with van der Waals surface area (Å²) in [5.74, 6) is -1.09. The van der Waals surface area contributed by atoms with Crippen molar-refractivity contribution >= 4 is 5.97 Å². The van der Waals surface area contributed by atoms with Gasteiger partial charge < -0.3 is 15.2 Å². The van der Waals surface area contributed by atoms with Gasteiger partial charge in [-0.2, -0.15) is 0 Å². The molecule has 4 nitrogen and oxygen atoms in total. The van der Waals surface area contributed by atoms with Gasteiger partial charge in [-0.3, -0.25) is 4.79 Å². The molecule has 0 aromatic rings. The molecule has 2 atom stereocenters. The number of carboxylic acid groups (broad SMARTS) is 1. The molecule has 1 heterocycles. The summed E-state index contributed by atoms with van der Waals surface area (Å²) in [4.78, 5) is 10.5. The maximum absolute atomic E-state index is 10.5. The van der Waals surface area contributed by atoms with Gasteiger partial charge in [0.1, 0.15) is 0 Å². The third-order valence-corrected chi connectivity index (χ3v) is 2.67. The number of ether oxygens (including phenoxy) is 1. The van der Waals surface area contributed by atoms with Gasteiger partial charge in [0.15, 0.2) is 0 Å². The van der Waals surface area contributed by atoms with Gasteiger partial charge in [0.05, 0.1) is 11.5 Å². The van der Waals surface area contributed by atoms with Crippen molar-refractivity contribution in [3.63, 3.8) is 0 Å². The first-order chi connectivity index (χ1) is 6.53. The van der Waals surface area contributed by atoms with Crippen LogP contribution in [0.1, 0.15) is 26.7 Å². The fraction of sp³-hybridized carbons (Fsp3) is 0.900. The van der Waals surface area contributed by atoms with Crippen LogP contribution in [-0.4, -0.2) is 36.4 Å². The standard InChI is InChI=1S/C10H19NO3/c1-8(9(12)13)6-11-7-10(2)4-3-5-14-10/h8,11H,3-7H2,1-2H3,(H,12,13). The van der Waals surface area contributed by atoms with Crippen molar-refractivity contribution in [2.24, 2.45) is 5.92 Å². The van der Waals surface area contributed by atoms with Crippen molar-refractivity contribution in [3.05, 3.63) is 0 Å². The number of carbonyl (C=O) groups is 1. The molecule has 14 heavy (non-hydrogen) atoms. The lowest BCUT2D eigenvalue weighted by Gasteiger charge is -2.24. The third-order valence-electron chi connectivity index (χ3n) is 2.67. The molecular weight excluding hydrogens is 182 g/mol. The van der Waals surface area contributed by atoms with Crippen molar-refractivity contribution < 1.29 is 14.6 Å². The first kappa shape index (κ1) is 11.5. The smallest absolute Gasteiger partial charge is 0.307 e. The van der Waals surface area contributed by atoms with Crippen LogP contribution in [0.2, 0.25) is 0 Å². The normalized spacial score (nSPS) is 29.0. The van der Waals surface area contributed by atoms with Crippen LogP contribution in [0.5, 0.6) is 0 Å². The van der Waals surface area contributed by atoms with Crippen LogP contribution in [0.15, 0.2) is 0 Å². The van der Waals surface area contributed by atoms with Crippen molar-refractivity contribution in [1.29, 1.82) is 0 Å². The Hall–Kier alpha value is -0.610. The number of hydrogen-bond acceptors (Lipinski definition) is 3. The average molecular weight is 201 g/mol. The van der Waals surface area contributed by atoms with Gasteiger partial charge in [0.25, 0.3) is 0 Å². The van der Waals surface area contributed by atoms with E-state index in [4.69, 9.17) is 9.84 Å². The van der Waals surface area contributed by atoms with Gasteiger partial charge in [-0.1, -0.05) is 6.92 Å². The maximum Gasteiger partial charge on any atom is 0.307 e. The highest BCUT2D eigenvalue weighted by atomic mass is 16.5. The van der Waals surface area contributed by atoms with E-state index in [1.165, 1.54) is 0 Å². The van der Waals surface area contributed by atoms with Crippen molar-refractivity contribution in [3.8, 4) is 0 Å². The first-order valence-electron chi connectivity index (χ1n) is 5.11. The van der Waals surface area contributed by atoms with Gasteiger partial charge in [0.2, 0.25) is 0 Å². The van der Waals surface area contributed by atoms with Crippen LogP contribution in [0.4, 0.5) is 0 Å². The second-order valence-corrected chi connectivity index (χ2v) is 4.27. The summed E-state index contributed by atoms with van der Waals surface area (Å²) >= 11 is 0. The molecule has 2 unspecified atom stereocenters. The molecule has 0 aromatic heterocycles. The van der Waals surface area contributed by atoms with Crippen molar-refractivity contribution in [2.45, 2.75) is 32.3 Å². The van der Waals surface area contributed by atoms with E-state index in [1.807, 2.05) is 0 Å². The van der Waals surface area contributed by atoms with Crippen molar-refractivity contribution in [1.82, 2.24) is 5.32 Å². The van der Waals surface area contributed by atoms with Crippen molar-refractivity contribution in [2.75, 3.05) is 19.7 Å². The van der Waals surface area contributed by atoms with Gasteiger partial charge in [-0.15, -0.1) is 0 Å². The fourth-order valence-corrected chi connectivity index (χ4v) is 1.62. The fourth-order valence-electron chi connectivity index (χ4n) is 1.62. The maximum atomic E-state index is 10.5. The first-order valence-corrected chi connectivity index (χ1v) is 5.11. The zero-order valence-corrected chi connectivity index (χ0v) is 8.88. The molecule has 0 radical (unpaired) electrons. The van der Waals surface area contributed by atoms with Crippen LogP contribution in [-0.2, 0) is 9.53 Å². The molecule has 0 amide bonds. The number of carboxylic acids is 1. The molecule has 2 N–H and O–H groups in total. The molecule has 4 heteroatoms. The van der Waals surface area contributed by atoms with E-state index in [0.29, 0.717) is 6.54 Å². The molecule has 82 valence electrons. The minimum Gasteiger partial charge on any atom is -0.481 e. The van der Waals surface area contributed by atoms with Gasteiger partial charge >= 0.3 is 5.97 Å². The summed E-state index contributed by atoms with van der Waals surface area (Å²) in [6.45, 7) is 5.84. The minimum absolute atomic E-state index is 0.0851. The highest BCUT2D eigenvalue weighted by molar-refractivity contribution is 5.69. The predicted molar refractivity (Wildman–Crippen MR) is 53.3 cm³/mol. The average Bonchev–Trinajstić information content (AvgIpc) is 2.52. The predicted octanol–water partition coefficient (Wildman–Crippen LogP) is 0.866. The zero-order valence-electron chi connectivity index (χ0n) is 8.88. The Balaban J connectivity index is 2.17. The number of nitrogens with one attached hydrogen (secondary N) is 1. The summed E-state index contributed by atoms with van der Waals surface area (Å²) in [7, 11) is 0. The number of hydrogen-bond donors (Lipinski definition) is 2. The number of rotatable bonds is 5. The van der Waals surface area contributed by atoms with E-state index < -0.39 is 5.97 Å². The molecule has 1 aliphatic heterocycles. The lowest BCUT2D eigenvalue weighted by Crippen LogP contribution is -2.39. The Morgan fingerprint density at radius 3 is 2.93 bits per heavy atom. The van der Waals surface area contributed by atoms with Crippen LogP contribution < -0.4 is 5.32 Å². The Morgan fingerprint density at radius 1 is 1.71 bits per heavy atom. The van der Waals surface area contributed by atoms with Crippen LogP contribution in [0, 0.1) is 5.92 Å². The summed E-state index contributed by atoms with van der Waals surface area (Å²) in [5, 5.41) is 11.8. The van der Waals surface area contributed by atoms with E-state index in [9.17, 15) is 4.79 Å². The topological polar surface area (TPSA) is 58.6 Å². The van der Waals surface area contributed by atoms with Gasteiger partial charge in [-0.25, -0.2) is 0 Å². The second kappa shape index (κ2) is 4.75. The van der Waals surface area contributed by atoms with E-state index in [-0.39, 0.29) is 11.5 Å². The minimum atomic E-state index is -0.755. The largest absolute Gasteiger partial charge is 0.481 e. The SMILES string of the molecule is CC(CNCC1(C)CCCO1)C(=O)O. The summed E-state index contributed by atoms with van der Waals surface area (Å²) in [6.07, 6.45) is 2.16. The summed E-state index contributed by atoms with van der Waals surface area (Å²) < 4.78 is 5.57. The van der Waals surface area contributed by atoms with E-state index >= 15 is 0 Å². The quantitative estimate of drug-likeness (QED) is 0.693. The molecule has 0 aliphatic carbocycles. The molecule has 1 fully saturated rings. The molecule has 1 saturated heterocycles. The molecule has 0 saturated carbocycles. The number of aliphatic carboxylic acids is 1. The molecular formula is C10H19NO3. The molecule has 1 aliphatic rings. The molecule has 0 spiro atoms. The third kappa shape index (κ3) is 3.27. The Labute approximate surface area is 84.6 Å². The van der Waals surface area contributed by atoms with Crippen LogP contribution >= 0.6 is 0 Å². The summed E-state index contributed by atoms with van der Waals surface area (Å²) in [5.41, 5.74) is -0.0851. The summed E-state index contributed by atoms with van der Waals surface area (Å²) in [6, 6.07) is 0. The monoisotopic (exact) mass is 201 g/mol. The molecule has 0 bridgehead atoms. The Kier molecular flexibility index (Phi) is 3.89. The van der Waals surface area contributed by atoms with E-state index in [2.05, 4.69) is 12.2 Å². The molecule has 0 aromatic carbocycles. The van der Waals surface area contributed by atoms with Crippen LogP contribution in [0.25, 0.3) is 0 Å². The lowest BCUT2D eigenvalue weighted by atomic mass is 10.0. The van der Waals surface area contributed by atoms with Gasteiger partial charge in [-0.05, 0) is 19.8 Å².